The lowest BCUT2D eigenvalue weighted by molar-refractivity contribution is 0.598. The summed E-state index contributed by atoms with van der Waals surface area (Å²) < 4.78 is 23.7. The Morgan fingerprint density at radius 1 is 1.40 bits per heavy atom. The van der Waals surface area contributed by atoms with Gasteiger partial charge in [-0.3, -0.25) is 0 Å². The summed E-state index contributed by atoms with van der Waals surface area (Å²) >= 11 is 1.51. The van der Waals surface area contributed by atoms with Gasteiger partial charge in [0.1, 0.15) is 0 Å². The van der Waals surface area contributed by atoms with E-state index >= 15 is 0 Å². The summed E-state index contributed by atoms with van der Waals surface area (Å²) in [5.41, 5.74) is 6.91. The second-order valence-corrected chi connectivity index (χ2v) is 6.42. The van der Waals surface area contributed by atoms with Gasteiger partial charge < -0.3 is 5.73 Å². The highest BCUT2D eigenvalue weighted by atomic mass is 32.2. The summed E-state index contributed by atoms with van der Waals surface area (Å²) in [7, 11) is -3.22. The summed E-state index contributed by atoms with van der Waals surface area (Å²) in [6.07, 6.45) is 1.88. The molecule has 1 aromatic rings. The van der Waals surface area contributed by atoms with Crippen molar-refractivity contribution in [2.24, 2.45) is 0 Å². The Morgan fingerprint density at radius 3 is 2.67 bits per heavy atom. The van der Waals surface area contributed by atoms with E-state index in [1.54, 1.807) is 12.1 Å². The van der Waals surface area contributed by atoms with Crippen LogP contribution in [0, 0.1) is 6.92 Å². The maximum absolute atomic E-state index is 11.9. The summed E-state index contributed by atoms with van der Waals surface area (Å²) in [5.74, 6) is 0.734. The number of hydrogen-bond acceptors (Lipinski definition) is 4. The number of benzene rings is 1. The van der Waals surface area contributed by atoms with Gasteiger partial charge in [0.2, 0.25) is 0 Å². The van der Waals surface area contributed by atoms with Crippen LogP contribution >= 0.6 is 11.8 Å². The lowest BCUT2D eigenvalue weighted by Crippen LogP contribution is -2.11. The van der Waals surface area contributed by atoms with Crippen LogP contribution in [0.2, 0.25) is 0 Å². The van der Waals surface area contributed by atoms with Gasteiger partial charge in [-0.25, -0.2) is 8.42 Å². The molecule has 0 spiro atoms. The number of rotatable bonds is 4. The Bertz CT molecular complexity index is 441. The van der Waals surface area contributed by atoms with E-state index in [0.717, 1.165) is 5.56 Å². The number of thioether (sulfide) groups is 1. The second-order valence-electron chi connectivity index (χ2n) is 3.35. The van der Waals surface area contributed by atoms with E-state index in [1.165, 1.54) is 11.8 Å². The molecule has 3 nitrogen and oxygen atoms in total. The number of nitrogens with two attached hydrogens (primary N) is 1. The molecular formula is C10H15NO2S2. The molecule has 0 unspecified atom stereocenters. The van der Waals surface area contributed by atoms with E-state index in [9.17, 15) is 8.42 Å². The minimum Gasteiger partial charge on any atom is -0.398 e. The molecule has 5 heteroatoms. The number of anilines is 1. The second kappa shape index (κ2) is 4.90. The van der Waals surface area contributed by atoms with E-state index < -0.39 is 9.84 Å². The molecule has 0 heterocycles. The largest absolute Gasteiger partial charge is 0.398 e. The molecule has 0 aliphatic heterocycles. The first-order valence-corrected chi connectivity index (χ1v) is 7.60. The Morgan fingerprint density at radius 2 is 2.07 bits per heavy atom. The van der Waals surface area contributed by atoms with Gasteiger partial charge in [-0.2, -0.15) is 11.8 Å². The molecule has 1 rings (SSSR count). The van der Waals surface area contributed by atoms with Crippen molar-refractivity contribution in [3.8, 4) is 0 Å². The summed E-state index contributed by atoms with van der Waals surface area (Å²) in [4.78, 5) is 0.261. The Hall–Kier alpha value is -0.680. The molecule has 0 aliphatic rings. The molecule has 0 saturated carbocycles. The van der Waals surface area contributed by atoms with Crippen molar-refractivity contribution in [3.63, 3.8) is 0 Å². The van der Waals surface area contributed by atoms with E-state index in [-0.39, 0.29) is 10.6 Å². The molecule has 84 valence electrons. The van der Waals surface area contributed by atoms with Crippen LogP contribution in [0.3, 0.4) is 0 Å². The van der Waals surface area contributed by atoms with Crippen molar-refractivity contribution >= 4 is 27.3 Å². The van der Waals surface area contributed by atoms with Gasteiger partial charge in [-0.15, -0.1) is 0 Å². The van der Waals surface area contributed by atoms with Crippen LogP contribution in [0.4, 0.5) is 5.69 Å². The third-order valence-electron chi connectivity index (χ3n) is 2.06. The number of hydrogen-bond donors (Lipinski definition) is 1. The molecule has 0 radical (unpaired) electrons. The smallest absolute Gasteiger partial charge is 0.181 e. The van der Waals surface area contributed by atoms with Crippen molar-refractivity contribution in [2.75, 3.05) is 23.5 Å². The van der Waals surface area contributed by atoms with E-state index in [2.05, 4.69) is 0 Å². The van der Waals surface area contributed by atoms with Crippen molar-refractivity contribution in [3.05, 3.63) is 23.8 Å². The zero-order valence-corrected chi connectivity index (χ0v) is 10.5. The summed E-state index contributed by atoms with van der Waals surface area (Å²) in [5, 5.41) is 0. The maximum atomic E-state index is 11.9. The molecule has 0 atom stereocenters. The van der Waals surface area contributed by atoms with Crippen LogP contribution in [0.5, 0.6) is 0 Å². The van der Waals surface area contributed by atoms with Crippen LogP contribution in [0.1, 0.15) is 5.56 Å². The summed E-state index contributed by atoms with van der Waals surface area (Å²) in [6, 6.07) is 5.08. The number of nitrogen functional groups attached to an aromatic ring is 1. The first-order valence-electron chi connectivity index (χ1n) is 4.55. The predicted octanol–water partition coefficient (Wildman–Crippen LogP) is 1.71. The van der Waals surface area contributed by atoms with Crippen molar-refractivity contribution in [1.82, 2.24) is 0 Å². The minimum atomic E-state index is -3.22. The average molecular weight is 245 g/mol. The fourth-order valence-corrected chi connectivity index (χ4v) is 3.77. The first kappa shape index (κ1) is 12.4. The van der Waals surface area contributed by atoms with Crippen LogP contribution in [0.15, 0.2) is 23.1 Å². The van der Waals surface area contributed by atoms with Crippen LogP contribution in [-0.4, -0.2) is 26.2 Å². The Balaban J connectivity index is 3.09. The quantitative estimate of drug-likeness (QED) is 0.820. The number of aryl methyl sites for hydroxylation is 1. The SMILES string of the molecule is CSCCS(=O)(=O)c1cc(C)ccc1N. The third-order valence-corrected chi connectivity index (χ3v) is 4.70. The molecule has 0 saturated heterocycles. The van der Waals surface area contributed by atoms with E-state index in [0.29, 0.717) is 11.4 Å². The Labute approximate surface area is 95.0 Å². The standard InChI is InChI=1S/C10H15NO2S2/c1-8-3-4-9(11)10(7-8)15(12,13)6-5-14-2/h3-4,7H,5-6,11H2,1-2H3. The molecule has 0 bridgehead atoms. The highest BCUT2D eigenvalue weighted by molar-refractivity contribution is 8.00. The van der Waals surface area contributed by atoms with Gasteiger partial charge in [-0.05, 0) is 30.9 Å². The average Bonchev–Trinajstić information content (AvgIpc) is 2.18. The molecular weight excluding hydrogens is 230 g/mol. The van der Waals surface area contributed by atoms with Gasteiger partial charge in [0, 0.05) is 5.75 Å². The van der Waals surface area contributed by atoms with Gasteiger partial charge >= 0.3 is 0 Å². The third kappa shape index (κ3) is 3.14. The zero-order chi connectivity index (χ0) is 11.5. The van der Waals surface area contributed by atoms with Gasteiger partial charge in [-0.1, -0.05) is 6.07 Å². The first-order chi connectivity index (χ1) is 6.97. The monoisotopic (exact) mass is 245 g/mol. The molecule has 0 aliphatic carbocycles. The Kier molecular flexibility index (Phi) is 4.04. The molecule has 0 fully saturated rings. The highest BCUT2D eigenvalue weighted by Gasteiger charge is 2.16. The van der Waals surface area contributed by atoms with Gasteiger partial charge in [0.05, 0.1) is 16.3 Å². The number of sulfone groups is 1. The topological polar surface area (TPSA) is 60.2 Å². The molecule has 0 amide bonds. The van der Waals surface area contributed by atoms with Crippen LogP contribution < -0.4 is 5.73 Å². The summed E-state index contributed by atoms with van der Waals surface area (Å²) in [6.45, 7) is 1.85. The minimum absolute atomic E-state index is 0.141. The zero-order valence-electron chi connectivity index (χ0n) is 8.86. The van der Waals surface area contributed by atoms with Crippen molar-refractivity contribution in [2.45, 2.75) is 11.8 Å². The highest BCUT2D eigenvalue weighted by Crippen LogP contribution is 2.21. The maximum Gasteiger partial charge on any atom is 0.181 e. The van der Waals surface area contributed by atoms with E-state index in [4.69, 9.17) is 5.73 Å². The van der Waals surface area contributed by atoms with Crippen LogP contribution in [-0.2, 0) is 9.84 Å². The van der Waals surface area contributed by atoms with Crippen molar-refractivity contribution < 1.29 is 8.42 Å². The van der Waals surface area contributed by atoms with Gasteiger partial charge in [0.15, 0.2) is 9.84 Å². The fraction of sp³-hybridized carbons (Fsp3) is 0.400. The van der Waals surface area contributed by atoms with Gasteiger partial charge in [0.25, 0.3) is 0 Å². The van der Waals surface area contributed by atoms with Crippen molar-refractivity contribution in [1.29, 1.82) is 0 Å². The molecule has 15 heavy (non-hydrogen) atoms. The molecule has 0 aromatic heterocycles. The van der Waals surface area contributed by atoms with E-state index in [1.807, 2.05) is 19.2 Å². The predicted molar refractivity (Wildman–Crippen MR) is 66.0 cm³/mol. The fourth-order valence-electron chi connectivity index (χ4n) is 1.21. The normalized spacial score (nSPS) is 11.6. The lowest BCUT2D eigenvalue weighted by atomic mass is 10.2. The molecule has 1 aromatic carbocycles. The molecule has 2 N–H and O–H groups in total. The lowest BCUT2D eigenvalue weighted by Gasteiger charge is -2.07. The van der Waals surface area contributed by atoms with Crippen LogP contribution in [0.25, 0.3) is 0 Å².